The summed E-state index contributed by atoms with van der Waals surface area (Å²) in [7, 11) is 0. The maximum Gasteiger partial charge on any atom is 0.317 e. The highest BCUT2D eigenvalue weighted by molar-refractivity contribution is 8.14. The van der Waals surface area contributed by atoms with Crippen LogP contribution in [0.2, 0.25) is 5.02 Å². The summed E-state index contributed by atoms with van der Waals surface area (Å²) in [5.41, 5.74) is 3.00. The van der Waals surface area contributed by atoms with E-state index >= 15 is 0 Å². The molecule has 0 aromatic heterocycles. The molecular formula is C19H20ClNO3S. The largest absolute Gasteiger partial charge is 0.480 e. The zero-order chi connectivity index (χ0) is 18.2. The predicted octanol–water partition coefficient (Wildman–Crippen LogP) is 4.86. The van der Waals surface area contributed by atoms with Gasteiger partial charge in [-0.15, -0.1) is 0 Å². The molecule has 0 radical (unpaired) electrons. The number of aryl methyl sites for hydroxylation is 1. The van der Waals surface area contributed by atoms with Crippen molar-refractivity contribution in [3.8, 4) is 11.1 Å². The summed E-state index contributed by atoms with van der Waals surface area (Å²) in [5, 5.41) is 11.5. The lowest BCUT2D eigenvalue weighted by Crippen LogP contribution is -2.25. The highest BCUT2D eigenvalue weighted by Gasteiger charge is 2.21. The minimum Gasteiger partial charge on any atom is -0.480 e. The highest BCUT2D eigenvalue weighted by atomic mass is 35.5. The van der Waals surface area contributed by atoms with Crippen molar-refractivity contribution >= 4 is 34.6 Å². The van der Waals surface area contributed by atoms with Crippen LogP contribution in [0.1, 0.15) is 18.9 Å². The van der Waals surface area contributed by atoms with Crippen LogP contribution in [0.15, 0.2) is 48.5 Å². The van der Waals surface area contributed by atoms with Crippen LogP contribution in [0, 0.1) is 0 Å². The summed E-state index contributed by atoms with van der Waals surface area (Å²) < 4.78 is 0. The molecule has 1 amide bonds. The molecule has 2 aromatic carbocycles. The highest BCUT2D eigenvalue weighted by Crippen LogP contribution is 2.28. The van der Waals surface area contributed by atoms with E-state index in [2.05, 4.69) is 5.32 Å². The molecule has 1 unspecified atom stereocenters. The van der Waals surface area contributed by atoms with E-state index in [9.17, 15) is 14.7 Å². The topological polar surface area (TPSA) is 66.4 Å². The first-order valence-electron chi connectivity index (χ1n) is 8.02. The molecule has 0 fully saturated rings. The molecule has 0 saturated carbocycles. The number of hydrogen-bond acceptors (Lipinski definition) is 3. The van der Waals surface area contributed by atoms with Crippen molar-refractivity contribution in [1.29, 1.82) is 0 Å². The summed E-state index contributed by atoms with van der Waals surface area (Å²) >= 11 is 7.04. The molecule has 2 aromatic rings. The van der Waals surface area contributed by atoms with Crippen molar-refractivity contribution in [2.45, 2.75) is 25.0 Å². The normalized spacial score (nSPS) is 11.8. The van der Waals surface area contributed by atoms with Gasteiger partial charge in [-0.05, 0) is 48.7 Å². The first-order valence-corrected chi connectivity index (χ1v) is 9.28. The lowest BCUT2D eigenvalue weighted by atomic mass is 10.0. The van der Waals surface area contributed by atoms with Crippen LogP contribution in [-0.4, -0.2) is 28.1 Å². The van der Waals surface area contributed by atoms with Gasteiger partial charge < -0.3 is 10.4 Å². The molecule has 0 aliphatic rings. The van der Waals surface area contributed by atoms with Gasteiger partial charge in [0.15, 0.2) is 0 Å². The summed E-state index contributed by atoms with van der Waals surface area (Å²) in [6, 6.07) is 15.5. The number of carbonyl (C=O) groups is 2. The average molecular weight is 378 g/mol. The van der Waals surface area contributed by atoms with Crippen LogP contribution >= 0.6 is 23.4 Å². The number of benzene rings is 2. The second-order valence-electron chi connectivity index (χ2n) is 5.48. The zero-order valence-electron chi connectivity index (χ0n) is 13.9. The van der Waals surface area contributed by atoms with Crippen molar-refractivity contribution in [3.63, 3.8) is 0 Å². The van der Waals surface area contributed by atoms with Crippen LogP contribution < -0.4 is 5.32 Å². The number of thioether (sulfide) groups is 1. The number of nitrogens with one attached hydrogen (secondary N) is 1. The van der Waals surface area contributed by atoms with Gasteiger partial charge in [-0.25, -0.2) is 0 Å². The molecule has 1 atom stereocenters. The molecule has 0 aliphatic heterocycles. The van der Waals surface area contributed by atoms with Crippen LogP contribution in [0.4, 0.5) is 4.79 Å². The number of aliphatic carboxylic acids is 1. The summed E-state index contributed by atoms with van der Waals surface area (Å²) in [6.07, 6.45) is 0.981. The Morgan fingerprint density at radius 2 is 1.84 bits per heavy atom. The van der Waals surface area contributed by atoms with Crippen molar-refractivity contribution in [1.82, 2.24) is 5.32 Å². The fourth-order valence-corrected chi connectivity index (χ4v) is 3.46. The number of rotatable bonds is 7. The second-order valence-corrected chi connectivity index (χ2v) is 7.06. The molecular weight excluding hydrogens is 358 g/mol. The molecule has 6 heteroatoms. The van der Waals surface area contributed by atoms with Gasteiger partial charge in [0.25, 0.3) is 5.24 Å². The Kier molecular flexibility index (Phi) is 7.34. The van der Waals surface area contributed by atoms with Crippen LogP contribution in [0.5, 0.6) is 0 Å². The molecule has 0 aliphatic carbocycles. The number of amides is 1. The van der Waals surface area contributed by atoms with Crippen molar-refractivity contribution in [3.05, 3.63) is 59.1 Å². The minimum absolute atomic E-state index is 0.302. The molecule has 0 saturated heterocycles. The van der Waals surface area contributed by atoms with Crippen LogP contribution in [-0.2, 0) is 11.2 Å². The lowest BCUT2D eigenvalue weighted by molar-refractivity contribution is -0.136. The smallest absolute Gasteiger partial charge is 0.317 e. The third-order valence-corrected chi connectivity index (χ3v) is 5.09. The maximum absolute atomic E-state index is 11.6. The average Bonchev–Trinajstić information content (AvgIpc) is 2.59. The molecule has 25 heavy (non-hydrogen) atoms. The Morgan fingerprint density at radius 1 is 1.16 bits per heavy atom. The van der Waals surface area contributed by atoms with Gasteiger partial charge in [0.1, 0.15) is 5.25 Å². The van der Waals surface area contributed by atoms with E-state index in [1.54, 1.807) is 6.92 Å². The molecule has 0 spiro atoms. The number of halogens is 1. The summed E-state index contributed by atoms with van der Waals surface area (Å²) in [6.45, 7) is 2.29. The Balaban J connectivity index is 1.99. The number of hydrogen-bond donors (Lipinski definition) is 2. The van der Waals surface area contributed by atoms with E-state index < -0.39 is 11.2 Å². The van der Waals surface area contributed by atoms with E-state index in [1.165, 1.54) is 0 Å². The predicted molar refractivity (Wildman–Crippen MR) is 103 cm³/mol. The van der Waals surface area contributed by atoms with E-state index in [4.69, 9.17) is 11.6 Å². The standard InChI is InChI=1S/C19H20ClNO3S/c1-2-21-19(24)25-17(18(22)23)12-9-13-7-10-14(11-8-13)15-5-3-4-6-16(15)20/h3-8,10-11,17H,2,9,12H2,1H3,(H,21,24)(H,22,23). The van der Waals surface area contributed by atoms with E-state index in [-0.39, 0.29) is 5.24 Å². The van der Waals surface area contributed by atoms with Gasteiger partial charge in [-0.2, -0.15) is 0 Å². The molecule has 4 nitrogen and oxygen atoms in total. The van der Waals surface area contributed by atoms with Gasteiger partial charge in [0, 0.05) is 17.1 Å². The summed E-state index contributed by atoms with van der Waals surface area (Å²) in [5.74, 6) is -0.969. The number of carboxylic acids is 1. The van der Waals surface area contributed by atoms with Crippen LogP contribution in [0.25, 0.3) is 11.1 Å². The van der Waals surface area contributed by atoms with Gasteiger partial charge in [-0.3, -0.25) is 9.59 Å². The monoisotopic (exact) mass is 377 g/mol. The van der Waals surface area contributed by atoms with Gasteiger partial charge in [0.2, 0.25) is 0 Å². The third kappa shape index (κ3) is 5.80. The summed E-state index contributed by atoms with van der Waals surface area (Å²) in [4.78, 5) is 22.9. The fourth-order valence-electron chi connectivity index (χ4n) is 2.39. The molecule has 2 N–H and O–H groups in total. The Labute approximate surface area is 156 Å². The van der Waals surface area contributed by atoms with Crippen molar-refractivity contribution in [2.75, 3.05) is 6.54 Å². The van der Waals surface area contributed by atoms with Crippen molar-refractivity contribution < 1.29 is 14.7 Å². The third-order valence-electron chi connectivity index (χ3n) is 3.68. The Morgan fingerprint density at radius 3 is 2.44 bits per heavy atom. The van der Waals surface area contributed by atoms with E-state index in [0.717, 1.165) is 28.5 Å². The molecule has 132 valence electrons. The fraction of sp³-hybridized carbons (Fsp3) is 0.263. The van der Waals surface area contributed by atoms with Crippen LogP contribution in [0.3, 0.4) is 0 Å². The second kappa shape index (κ2) is 9.49. The zero-order valence-corrected chi connectivity index (χ0v) is 15.4. The van der Waals surface area contributed by atoms with E-state index in [1.807, 2.05) is 48.5 Å². The Bertz CT molecular complexity index is 734. The van der Waals surface area contributed by atoms with E-state index in [0.29, 0.717) is 24.4 Å². The van der Waals surface area contributed by atoms with Crippen molar-refractivity contribution in [2.24, 2.45) is 0 Å². The number of carbonyl (C=O) groups excluding carboxylic acids is 1. The number of carboxylic acid groups (broad SMARTS) is 1. The van der Waals surface area contributed by atoms with Gasteiger partial charge in [-0.1, -0.05) is 54.1 Å². The minimum atomic E-state index is -0.969. The molecule has 2 rings (SSSR count). The first kappa shape index (κ1) is 19.3. The Hall–Kier alpha value is -1.98. The lowest BCUT2D eigenvalue weighted by Gasteiger charge is -2.12. The van der Waals surface area contributed by atoms with Gasteiger partial charge >= 0.3 is 5.97 Å². The van der Waals surface area contributed by atoms with Gasteiger partial charge in [0.05, 0.1) is 0 Å². The molecule has 0 heterocycles. The maximum atomic E-state index is 11.6. The SMILES string of the molecule is CCNC(=O)SC(CCc1ccc(-c2ccccc2Cl)cc1)C(=O)O. The molecule has 0 bridgehead atoms. The quantitative estimate of drug-likeness (QED) is 0.723. The first-order chi connectivity index (χ1) is 12.0.